The zero-order valence-electron chi connectivity index (χ0n) is 10.9. The molecule has 1 aromatic carbocycles. The smallest absolute Gasteiger partial charge is 0.184 e. The first-order valence-electron chi connectivity index (χ1n) is 5.89. The van der Waals surface area contributed by atoms with Crippen molar-refractivity contribution in [3.8, 4) is 0 Å². The number of nitrogens with one attached hydrogen (secondary N) is 1. The summed E-state index contributed by atoms with van der Waals surface area (Å²) in [7, 11) is -1.45. The number of benzene rings is 1. The Balaban J connectivity index is 2.18. The molecule has 19 heavy (non-hydrogen) atoms. The summed E-state index contributed by atoms with van der Waals surface area (Å²) in [4.78, 5) is 5.55. The van der Waals surface area contributed by atoms with Gasteiger partial charge in [0.25, 0.3) is 0 Å². The lowest BCUT2D eigenvalue weighted by atomic mass is 10.2. The Kier molecular flexibility index (Phi) is 4.34. The van der Waals surface area contributed by atoms with Crippen LogP contribution in [0.1, 0.15) is 15.4 Å². The maximum absolute atomic E-state index is 12.2. The Hall–Kier alpha value is -1.24. The van der Waals surface area contributed by atoms with Gasteiger partial charge >= 0.3 is 0 Å². The summed E-state index contributed by atoms with van der Waals surface area (Å²) >= 11 is 1.43. The van der Waals surface area contributed by atoms with Crippen molar-refractivity contribution in [2.45, 2.75) is 24.1 Å². The van der Waals surface area contributed by atoms with Gasteiger partial charge in [-0.25, -0.2) is 13.4 Å². The average molecular weight is 296 g/mol. The van der Waals surface area contributed by atoms with E-state index in [0.29, 0.717) is 16.4 Å². The zero-order chi connectivity index (χ0) is 13.9. The summed E-state index contributed by atoms with van der Waals surface area (Å²) in [5.41, 5.74) is 1.05. The van der Waals surface area contributed by atoms with Gasteiger partial charge in [-0.1, -0.05) is 17.7 Å². The second-order valence-electron chi connectivity index (χ2n) is 4.32. The highest BCUT2D eigenvalue weighted by Crippen LogP contribution is 2.20. The molecule has 102 valence electrons. The predicted molar refractivity (Wildman–Crippen MR) is 76.9 cm³/mol. The highest BCUT2D eigenvalue weighted by molar-refractivity contribution is 7.90. The fourth-order valence-corrected chi connectivity index (χ4v) is 4.21. The van der Waals surface area contributed by atoms with E-state index >= 15 is 0 Å². The van der Waals surface area contributed by atoms with E-state index in [9.17, 15) is 8.42 Å². The number of aromatic nitrogens is 1. The molecule has 0 unspecified atom stereocenters. The molecule has 0 saturated heterocycles. The third-order valence-corrected chi connectivity index (χ3v) is 5.47. The fraction of sp³-hybridized carbons (Fsp3) is 0.308. The predicted octanol–water partition coefficient (Wildman–Crippen LogP) is 2.14. The Morgan fingerprint density at radius 1 is 1.26 bits per heavy atom. The summed E-state index contributed by atoms with van der Waals surface area (Å²) in [6.45, 7) is 2.64. The van der Waals surface area contributed by atoms with Gasteiger partial charge in [0, 0.05) is 17.6 Å². The number of aryl methyl sites for hydroxylation is 1. The molecule has 0 aliphatic carbocycles. The average Bonchev–Trinajstić information content (AvgIpc) is 2.77. The highest BCUT2D eigenvalue weighted by atomic mass is 32.2. The van der Waals surface area contributed by atoms with Gasteiger partial charge in [0.2, 0.25) is 0 Å². The lowest BCUT2D eigenvalue weighted by Gasteiger charge is -2.02. The van der Waals surface area contributed by atoms with Crippen LogP contribution in [0.5, 0.6) is 0 Å². The summed E-state index contributed by atoms with van der Waals surface area (Å²) in [5.74, 6) is -0.0373. The van der Waals surface area contributed by atoms with Crippen LogP contribution in [0.15, 0.2) is 35.4 Å². The van der Waals surface area contributed by atoms with Crippen molar-refractivity contribution >= 4 is 21.2 Å². The van der Waals surface area contributed by atoms with Gasteiger partial charge in [-0.05, 0) is 26.1 Å². The summed E-state index contributed by atoms with van der Waals surface area (Å²) in [5, 5.41) is 3.65. The molecule has 0 aliphatic rings. The molecule has 0 amide bonds. The lowest BCUT2D eigenvalue weighted by Crippen LogP contribution is -2.04. The standard InChI is InChI=1S/C13H16N2O2S2/c1-10-3-5-12(6-4-10)19(16,17)9-13-15-8-11(18-13)7-14-2/h3-6,8,14H,7,9H2,1-2H3. The molecule has 4 nitrogen and oxygen atoms in total. The van der Waals surface area contributed by atoms with Crippen molar-refractivity contribution < 1.29 is 8.42 Å². The van der Waals surface area contributed by atoms with E-state index in [1.165, 1.54) is 11.3 Å². The molecule has 0 radical (unpaired) electrons. The Morgan fingerprint density at radius 3 is 2.58 bits per heavy atom. The van der Waals surface area contributed by atoms with E-state index in [1.54, 1.807) is 30.5 Å². The van der Waals surface area contributed by atoms with E-state index in [-0.39, 0.29) is 5.75 Å². The molecule has 2 rings (SSSR count). The molecule has 0 fully saturated rings. The van der Waals surface area contributed by atoms with Gasteiger partial charge in [0.15, 0.2) is 9.84 Å². The molecule has 6 heteroatoms. The van der Waals surface area contributed by atoms with E-state index in [1.807, 2.05) is 14.0 Å². The molecule has 0 spiro atoms. The maximum atomic E-state index is 12.2. The van der Waals surface area contributed by atoms with Crippen LogP contribution in [0, 0.1) is 6.92 Å². The van der Waals surface area contributed by atoms with Crippen LogP contribution in [0.25, 0.3) is 0 Å². The van der Waals surface area contributed by atoms with Crippen LogP contribution in [-0.4, -0.2) is 20.4 Å². The largest absolute Gasteiger partial charge is 0.315 e. The van der Waals surface area contributed by atoms with Gasteiger partial charge in [0.05, 0.1) is 4.90 Å². The molecular formula is C13H16N2O2S2. The molecule has 0 aliphatic heterocycles. The van der Waals surface area contributed by atoms with E-state index in [2.05, 4.69) is 10.3 Å². The van der Waals surface area contributed by atoms with E-state index in [4.69, 9.17) is 0 Å². The summed E-state index contributed by atoms with van der Waals surface area (Å²) < 4.78 is 24.5. The molecule has 0 atom stereocenters. The summed E-state index contributed by atoms with van der Waals surface area (Å²) in [6.07, 6.45) is 1.72. The van der Waals surface area contributed by atoms with Crippen LogP contribution >= 0.6 is 11.3 Å². The first kappa shape index (κ1) is 14.2. The third kappa shape index (κ3) is 3.62. The molecule has 1 N–H and O–H groups in total. The van der Waals surface area contributed by atoms with Gasteiger partial charge in [0.1, 0.15) is 10.8 Å². The molecular weight excluding hydrogens is 280 g/mol. The van der Waals surface area contributed by atoms with Crippen molar-refractivity contribution in [1.29, 1.82) is 0 Å². The second kappa shape index (κ2) is 5.81. The number of thiazole rings is 1. The molecule has 0 saturated carbocycles. The minimum absolute atomic E-state index is 0.0373. The Bertz CT molecular complexity index is 646. The van der Waals surface area contributed by atoms with Crippen molar-refractivity contribution in [1.82, 2.24) is 10.3 Å². The number of nitrogens with zero attached hydrogens (tertiary/aromatic N) is 1. The van der Waals surface area contributed by atoms with Gasteiger partial charge in [-0.3, -0.25) is 0 Å². The van der Waals surface area contributed by atoms with E-state index in [0.717, 1.165) is 10.4 Å². The fourth-order valence-electron chi connectivity index (χ4n) is 1.66. The normalized spacial score (nSPS) is 11.7. The zero-order valence-corrected chi connectivity index (χ0v) is 12.5. The van der Waals surface area contributed by atoms with Crippen molar-refractivity contribution in [3.63, 3.8) is 0 Å². The van der Waals surface area contributed by atoms with E-state index < -0.39 is 9.84 Å². The highest BCUT2D eigenvalue weighted by Gasteiger charge is 2.17. The van der Waals surface area contributed by atoms with Gasteiger partial charge in [-0.15, -0.1) is 11.3 Å². The molecule has 1 aromatic heterocycles. The molecule has 2 aromatic rings. The number of sulfone groups is 1. The molecule has 0 bridgehead atoms. The van der Waals surface area contributed by atoms with Crippen LogP contribution in [-0.2, 0) is 22.1 Å². The minimum atomic E-state index is -3.30. The SMILES string of the molecule is CNCc1cnc(CS(=O)(=O)c2ccc(C)cc2)s1. The van der Waals surface area contributed by atoms with Crippen molar-refractivity contribution in [2.75, 3.05) is 7.05 Å². The topological polar surface area (TPSA) is 59.1 Å². The summed E-state index contributed by atoms with van der Waals surface area (Å²) in [6, 6.07) is 6.90. The monoisotopic (exact) mass is 296 g/mol. The van der Waals surface area contributed by atoms with Crippen LogP contribution in [0.3, 0.4) is 0 Å². The van der Waals surface area contributed by atoms with Gasteiger partial charge in [-0.2, -0.15) is 0 Å². The quantitative estimate of drug-likeness (QED) is 0.918. The number of rotatable bonds is 5. The van der Waals surface area contributed by atoms with Crippen molar-refractivity contribution in [2.24, 2.45) is 0 Å². The Labute approximate surface area is 117 Å². The van der Waals surface area contributed by atoms with Crippen molar-refractivity contribution in [3.05, 3.63) is 45.9 Å². The van der Waals surface area contributed by atoms with Gasteiger partial charge < -0.3 is 5.32 Å². The van der Waals surface area contributed by atoms with Crippen LogP contribution in [0.4, 0.5) is 0 Å². The lowest BCUT2D eigenvalue weighted by molar-refractivity contribution is 0.595. The third-order valence-electron chi connectivity index (χ3n) is 2.65. The Morgan fingerprint density at radius 2 is 1.95 bits per heavy atom. The first-order chi connectivity index (χ1) is 9.01. The maximum Gasteiger partial charge on any atom is 0.184 e. The number of hydrogen-bond donors (Lipinski definition) is 1. The van der Waals surface area contributed by atoms with Crippen LogP contribution < -0.4 is 5.32 Å². The number of hydrogen-bond acceptors (Lipinski definition) is 5. The molecule has 1 heterocycles. The minimum Gasteiger partial charge on any atom is -0.315 e. The second-order valence-corrected chi connectivity index (χ2v) is 7.51. The van der Waals surface area contributed by atoms with Crippen LogP contribution in [0.2, 0.25) is 0 Å². The first-order valence-corrected chi connectivity index (χ1v) is 8.36.